The van der Waals surface area contributed by atoms with Crippen LogP contribution in [-0.2, 0) is 12.8 Å². The molecule has 1 atom stereocenters. The van der Waals surface area contributed by atoms with Crippen LogP contribution in [0.4, 0.5) is 5.69 Å². The zero-order chi connectivity index (χ0) is 20.9. The van der Waals surface area contributed by atoms with E-state index in [-0.39, 0.29) is 0 Å². The highest BCUT2D eigenvalue weighted by molar-refractivity contribution is 7.09. The first-order valence-corrected chi connectivity index (χ1v) is 12.9. The largest absolute Gasteiger partial charge is 0.368 e. The van der Waals surface area contributed by atoms with Crippen LogP contribution in [0.2, 0.25) is 10.0 Å². The van der Waals surface area contributed by atoms with Crippen LogP contribution in [0.25, 0.3) is 0 Å². The second-order valence-corrected chi connectivity index (χ2v) is 10.1. The number of aryl methyl sites for hydroxylation is 1. The van der Waals surface area contributed by atoms with Crippen LogP contribution in [0.1, 0.15) is 36.8 Å². The topological polar surface area (TPSA) is 22.6 Å². The van der Waals surface area contributed by atoms with Crippen LogP contribution in [-0.4, -0.2) is 66.6 Å². The van der Waals surface area contributed by atoms with E-state index in [4.69, 9.17) is 23.2 Å². The Bertz CT molecular complexity index is 819. The average Bonchev–Trinajstić information content (AvgIpc) is 3.23. The van der Waals surface area contributed by atoms with Gasteiger partial charge in [0.05, 0.1) is 26.9 Å². The van der Waals surface area contributed by atoms with E-state index >= 15 is 0 Å². The van der Waals surface area contributed by atoms with Gasteiger partial charge in [0.1, 0.15) is 0 Å². The summed E-state index contributed by atoms with van der Waals surface area (Å²) in [6, 6.07) is 6.61. The number of hydrogen-bond donors (Lipinski definition) is 0. The van der Waals surface area contributed by atoms with Crippen LogP contribution in [0.3, 0.4) is 0 Å². The molecule has 1 unspecified atom stereocenters. The Morgan fingerprint density at radius 3 is 2.80 bits per heavy atom. The van der Waals surface area contributed by atoms with Gasteiger partial charge in [-0.3, -0.25) is 9.80 Å². The number of piperazine rings is 1. The second kappa shape index (κ2) is 10.6. The van der Waals surface area contributed by atoms with Crippen molar-refractivity contribution in [3.8, 4) is 0 Å². The third kappa shape index (κ3) is 5.31. The van der Waals surface area contributed by atoms with Crippen LogP contribution < -0.4 is 4.90 Å². The summed E-state index contributed by atoms with van der Waals surface area (Å²) < 4.78 is 0. The van der Waals surface area contributed by atoms with Gasteiger partial charge in [0.2, 0.25) is 0 Å². The third-order valence-electron chi connectivity index (χ3n) is 6.45. The number of thiazole rings is 1. The van der Waals surface area contributed by atoms with E-state index in [1.165, 1.54) is 55.9 Å². The van der Waals surface area contributed by atoms with E-state index in [9.17, 15) is 0 Å². The highest BCUT2D eigenvalue weighted by Crippen LogP contribution is 2.33. The number of anilines is 1. The summed E-state index contributed by atoms with van der Waals surface area (Å²) in [6.45, 7) is 10.1. The molecule has 0 radical (unpaired) electrons. The highest BCUT2D eigenvalue weighted by Gasteiger charge is 2.26. The van der Waals surface area contributed by atoms with Crippen LogP contribution in [0, 0.1) is 0 Å². The first kappa shape index (κ1) is 22.3. The summed E-state index contributed by atoms with van der Waals surface area (Å²) in [5, 5.41) is 1.32. The van der Waals surface area contributed by atoms with Gasteiger partial charge in [0.15, 0.2) is 0 Å². The van der Waals surface area contributed by atoms with Crippen molar-refractivity contribution in [2.75, 3.05) is 50.7 Å². The predicted octanol–water partition coefficient (Wildman–Crippen LogP) is 5.23. The lowest BCUT2D eigenvalue weighted by molar-refractivity contribution is 0.163. The Balaban J connectivity index is 1.23. The van der Waals surface area contributed by atoms with Gasteiger partial charge >= 0.3 is 0 Å². The molecule has 2 aliphatic rings. The standard InChI is InChI=1S/C23H32Cl2N4S/c1-2-9-28(18-7-8-20-22(16-18)30-17-26-20)11-4-10-27-12-14-29(15-13-27)21-6-3-5-19(24)23(21)25/h3,5-6,17-18H,2,4,7-16H2,1H3. The fourth-order valence-corrected chi connectivity index (χ4v) is 6.11. The molecule has 1 aromatic heterocycles. The molecule has 1 fully saturated rings. The molecule has 1 aliphatic heterocycles. The Morgan fingerprint density at radius 1 is 1.17 bits per heavy atom. The molecular weight excluding hydrogens is 435 g/mol. The zero-order valence-corrected chi connectivity index (χ0v) is 20.2. The highest BCUT2D eigenvalue weighted by atomic mass is 35.5. The quantitative estimate of drug-likeness (QED) is 0.530. The van der Waals surface area contributed by atoms with Crippen molar-refractivity contribution in [1.82, 2.24) is 14.8 Å². The predicted molar refractivity (Wildman–Crippen MR) is 130 cm³/mol. The van der Waals surface area contributed by atoms with Crippen molar-refractivity contribution in [2.45, 2.75) is 45.1 Å². The molecule has 7 heteroatoms. The zero-order valence-electron chi connectivity index (χ0n) is 17.8. The molecule has 4 nitrogen and oxygen atoms in total. The minimum absolute atomic E-state index is 0.640. The first-order chi connectivity index (χ1) is 14.7. The number of hydrogen-bond acceptors (Lipinski definition) is 5. The van der Waals surface area contributed by atoms with Crippen LogP contribution in [0.15, 0.2) is 23.7 Å². The maximum atomic E-state index is 6.41. The summed E-state index contributed by atoms with van der Waals surface area (Å²) in [5.74, 6) is 0. The SMILES string of the molecule is CCCN(CCCN1CCN(c2cccc(Cl)c2Cl)CC1)C1CCc2ncsc2C1. The smallest absolute Gasteiger partial charge is 0.0825 e. The van der Waals surface area contributed by atoms with E-state index < -0.39 is 0 Å². The van der Waals surface area contributed by atoms with E-state index in [0.29, 0.717) is 16.1 Å². The number of fused-ring (bicyclic) bond motifs is 1. The maximum absolute atomic E-state index is 6.41. The van der Waals surface area contributed by atoms with Gasteiger partial charge in [0, 0.05) is 37.1 Å². The van der Waals surface area contributed by atoms with Gasteiger partial charge < -0.3 is 4.90 Å². The van der Waals surface area contributed by atoms with Gasteiger partial charge in [-0.05, 0) is 63.9 Å². The van der Waals surface area contributed by atoms with E-state index in [0.717, 1.165) is 38.3 Å². The molecule has 4 rings (SSSR count). The summed E-state index contributed by atoms with van der Waals surface area (Å²) >= 11 is 14.5. The number of aromatic nitrogens is 1. The number of benzene rings is 1. The maximum Gasteiger partial charge on any atom is 0.0825 e. The van der Waals surface area contributed by atoms with Crippen LogP contribution >= 0.6 is 34.5 Å². The molecule has 164 valence electrons. The van der Waals surface area contributed by atoms with Crippen molar-refractivity contribution in [3.63, 3.8) is 0 Å². The number of rotatable bonds is 8. The lowest BCUT2D eigenvalue weighted by Gasteiger charge is -2.37. The fraction of sp³-hybridized carbons (Fsp3) is 0.609. The van der Waals surface area contributed by atoms with Gasteiger partial charge in [-0.1, -0.05) is 36.2 Å². The fourth-order valence-electron chi connectivity index (χ4n) is 4.81. The molecule has 2 heterocycles. The normalized spacial score (nSPS) is 20.0. The lowest BCUT2D eigenvalue weighted by Crippen LogP contribution is -2.47. The second-order valence-electron chi connectivity index (χ2n) is 8.41. The number of nitrogens with zero attached hydrogens (tertiary/aromatic N) is 4. The molecule has 0 saturated carbocycles. The monoisotopic (exact) mass is 466 g/mol. The molecular formula is C23H32Cl2N4S. The minimum Gasteiger partial charge on any atom is -0.368 e. The Labute approximate surface area is 194 Å². The molecule has 0 amide bonds. The lowest BCUT2D eigenvalue weighted by atomic mass is 9.96. The van der Waals surface area contributed by atoms with Crippen molar-refractivity contribution >= 4 is 40.2 Å². The van der Waals surface area contributed by atoms with Crippen molar-refractivity contribution in [1.29, 1.82) is 0 Å². The molecule has 1 saturated heterocycles. The molecule has 1 aliphatic carbocycles. The van der Waals surface area contributed by atoms with E-state index in [2.05, 4.69) is 32.7 Å². The summed E-state index contributed by atoms with van der Waals surface area (Å²) in [6.07, 6.45) is 6.07. The number of halogens is 2. The molecule has 1 aromatic carbocycles. The van der Waals surface area contributed by atoms with E-state index in [1.807, 2.05) is 29.0 Å². The summed E-state index contributed by atoms with van der Waals surface area (Å²) in [5.41, 5.74) is 4.44. The van der Waals surface area contributed by atoms with Gasteiger partial charge in [-0.25, -0.2) is 4.98 Å². The Kier molecular flexibility index (Phi) is 7.93. The summed E-state index contributed by atoms with van der Waals surface area (Å²) in [7, 11) is 0. The molecule has 0 N–H and O–H groups in total. The van der Waals surface area contributed by atoms with Gasteiger partial charge in [0.25, 0.3) is 0 Å². The molecule has 2 aromatic rings. The van der Waals surface area contributed by atoms with Crippen molar-refractivity contribution < 1.29 is 0 Å². The van der Waals surface area contributed by atoms with Crippen molar-refractivity contribution in [3.05, 3.63) is 44.3 Å². The van der Waals surface area contributed by atoms with Crippen LogP contribution in [0.5, 0.6) is 0 Å². The Morgan fingerprint density at radius 2 is 2.00 bits per heavy atom. The third-order valence-corrected chi connectivity index (χ3v) is 8.16. The molecule has 0 bridgehead atoms. The van der Waals surface area contributed by atoms with Crippen molar-refractivity contribution in [2.24, 2.45) is 0 Å². The Hall–Kier alpha value is -0.850. The van der Waals surface area contributed by atoms with Gasteiger partial charge in [-0.15, -0.1) is 11.3 Å². The average molecular weight is 468 g/mol. The molecule has 30 heavy (non-hydrogen) atoms. The first-order valence-electron chi connectivity index (χ1n) is 11.2. The minimum atomic E-state index is 0.640. The van der Waals surface area contributed by atoms with E-state index in [1.54, 1.807) is 0 Å². The molecule has 0 spiro atoms. The summed E-state index contributed by atoms with van der Waals surface area (Å²) in [4.78, 5) is 13.8. The van der Waals surface area contributed by atoms with Gasteiger partial charge in [-0.2, -0.15) is 0 Å².